The van der Waals surface area contributed by atoms with E-state index in [1.807, 2.05) is 6.07 Å². The lowest BCUT2D eigenvalue weighted by Crippen LogP contribution is -2.45. The van der Waals surface area contributed by atoms with Crippen molar-refractivity contribution in [1.29, 1.82) is 0 Å². The number of hydrogen-bond donors (Lipinski definition) is 1. The summed E-state index contributed by atoms with van der Waals surface area (Å²) in [5.74, 6) is 0. The Balaban J connectivity index is 1.56. The second-order valence-corrected chi connectivity index (χ2v) is 6.65. The van der Waals surface area contributed by atoms with Gasteiger partial charge in [-0.25, -0.2) is 0 Å². The highest BCUT2D eigenvalue weighted by molar-refractivity contribution is 5.34. The number of nitro groups is 1. The summed E-state index contributed by atoms with van der Waals surface area (Å²) in [5.41, 5.74) is 1.05. The van der Waals surface area contributed by atoms with Gasteiger partial charge in [-0.2, -0.15) is 0 Å². The van der Waals surface area contributed by atoms with E-state index in [0.29, 0.717) is 25.7 Å². The van der Waals surface area contributed by atoms with E-state index in [-0.39, 0.29) is 10.6 Å². The molecular weight excluding hydrogens is 310 g/mol. The van der Waals surface area contributed by atoms with Crippen molar-refractivity contribution in [2.24, 2.45) is 0 Å². The molecule has 0 radical (unpaired) electrons. The van der Waals surface area contributed by atoms with Crippen molar-refractivity contribution in [2.75, 3.05) is 39.4 Å². The Morgan fingerprint density at radius 3 is 2.79 bits per heavy atom. The molecular formula is C17H25N3O4. The number of nitro benzene ring substituents is 1. The summed E-state index contributed by atoms with van der Waals surface area (Å²) >= 11 is 0. The summed E-state index contributed by atoms with van der Waals surface area (Å²) in [6.45, 7) is 5.09. The minimum Gasteiger partial charge on any atom is -0.390 e. The molecule has 0 aromatic heterocycles. The molecule has 1 aliphatic heterocycles. The highest BCUT2D eigenvalue weighted by Crippen LogP contribution is 2.29. The Hall–Kier alpha value is -1.54. The van der Waals surface area contributed by atoms with Gasteiger partial charge >= 0.3 is 0 Å². The molecule has 2 fully saturated rings. The van der Waals surface area contributed by atoms with E-state index in [1.54, 1.807) is 12.1 Å². The fourth-order valence-corrected chi connectivity index (χ4v) is 3.20. The third kappa shape index (κ3) is 4.98. The maximum atomic E-state index is 10.9. The van der Waals surface area contributed by atoms with Crippen molar-refractivity contribution < 1.29 is 14.8 Å². The standard InChI is InChI=1S/C17H25N3O4/c21-17(12-18-6-8-24-9-7-18)13-19(15-4-5-15)11-14-2-1-3-16(10-14)20(22)23/h1-3,10,15,17,21H,4-9,11-13H2. The molecule has 1 saturated heterocycles. The molecule has 1 atom stereocenters. The van der Waals surface area contributed by atoms with Crippen molar-refractivity contribution in [3.8, 4) is 0 Å². The number of hydrogen-bond acceptors (Lipinski definition) is 6. The van der Waals surface area contributed by atoms with Crippen molar-refractivity contribution in [3.05, 3.63) is 39.9 Å². The Morgan fingerprint density at radius 2 is 2.12 bits per heavy atom. The van der Waals surface area contributed by atoms with E-state index < -0.39 is 6.10 Å². The number of aliphatic hydroxyl groups excluding tert-OH is 1. The normalized spacial score (nSPS) is 20.2. The summed E-state index contributed by atoms with van der Waals surface area (Å²) in [7, 11) is 0. The van der Waals surface area contributed by atoms with Gasteiger partial charge in [-0.1, -0.05) is 12.1 Å². The van der Waals surface area contributed by atoms with Crippen LogP contribution in [0.25, 0.3) is 0 Å². The Morgan fingerprint density at radius 1 is 1.38 bits per heavy atom. The summed E-state index contributed by atoms with van der Waals surface area (Å²) in [6, 6.07) is 7.27. The number of rotatable bonds is 8. The minimum absolute atomic E-state index is 0.122. The molecule has 0 bridgehead atoms. The molecule has 1 N–H and O–H groups in total. The van der Waals surface area contributed by atoms with Gasteiger partial charge in [-0.3, -0.25) is 19.9 Å². The summed E-state index contributed by atoms with van der Waals surface area (Å²) in [4.78, 5) is 15.0. The average Bonchev–Trinajstić information content (AvgIpc) is 3.40. The van der Waals surface area contributed by atoms with Gasteiger partial charge in [0.2, 0.25) is 0 Å². The van der Waals surface area contributed by atoms with Crippen LogP contribution in [0.15, 0.2) is 24.3 Å². The Kier molecular flexibility index (Phi) is 5.78. The smallest absolute Gasteiger partial charge is 0.269 e. The van der Waals surface area contributed by atoms with Crippen LogP contribution in [0.3, 0.4) is 0 Å². The van der Waals surface area contributed by atoms with E-state index in [1.165, 1.54) is 6.07 Å². The van der Waals surface area contributed by atoms with Gasteiger partial charge in [0, 0.05) is 50.9 Å². The van der Waals surface area contributed by atoms with Crippen LogP contribution in [0.2, 0.25) is 0 Å². The van der Waals surface area contributed by atoms with Crippen LogP contribution in [-0.4, -0.2) is 71.4 Å². The number of β-amino-alcohol motifs (C(OH)–C–C–N with tert-alkyl or cyclic N) is 1. The van der Waals surface area contributed by atoms with Crippen LogP contribution in [0.5, 0.6) is 0 Å². The van der Waals surface area contributed by atoms with Gasteiger partial charge in [-0.15, -0.1) is 0 Å². The first-order valence-electron chi connectivity index (χ1n) is 8.57. The lowest BCUT2D eigenvalue weighted by Gasteiger charge is -2.31. The molecule has 1 aromatic rings. The molecule has 1 aromatic carbocycles. The zero-order valence-electron chi connectivity index (χ0n) is 13.8. The van der Waals surface area contributed by atoms with Gasteiger partial charge in [0.05, 0.1) is 24.2 Å². The monoisotopic (exact) mass is 335 g/mol. The number of nitrogens with zero attached hydrogens (tertiary/aromatic N) is 3. The second-order valence-electron chi connectivity index (χ2n) is 6.65. The van der Waals surface area contributed by atoms with E-state index >= 15 is 0 Å². The SMILES string of the molecule is O=[N+]([O-])c1cccc(CN(CC(O)CN2CCOCC2)C2CC2)c1. The Bertz CT molecular complexity index is 559. The molecule has 1 heterocycles. The van der Waals surface area contributed by atoms with Gasteiger partial charge in [0.25, 0.3) is 5.69 Å². The number of aliphatic hydroxyl groups is 1. The van der Waals surface area contributed by atoms with E-state index in [4.69, 9.17) is 4.74 Å². The van der Waals surface area contributed by atoms with Gasteiger partial charge in [0.1, 0.15) is 0 Å². The van der Waals surface area contributed by atoms with Crippen LogP contribution in [0.1, 0.15) is 18.4 Å². The average molecular weight is 335 g/mol. The molecule has 24 heavy (non-hydrogen) atoms. The summed E-state index contributed by atoms with van der Waals surface area (Å²) in [5, 5.41) is 21.4. The number of morpholine rings is 1. The zero-order valence-corrected chi connectivity index (χ0v) is 13.8. The molecule has 3 rings (SSSR count). The molecule has 2 aliphatic rings. The molecule has 0 amide bonds. The first-order chi connectivity index (χ1) is 11.6. The second kappa shape index (κ2) is 8.02. The fraction of sp³-hybridized carbons (Fsp3) is 0.647. The van der Waals surface area contributed by atoms with Gasteiger partial charge in [0.15, 0.2) is 0 Å². The summed E-state index contributed by atoms with van der Waals surface area (Å²) < 4.78 is 5.33. The lowest BCUT2D eigenvalue weighted by molar-refractivity contribution is -0.384. The van der Waals surface area contributed by atoms with Crippen LogP contribution >= 0.6 is 0 Å². The van der Waals surface area contributed by atoms with Crippen LogP contribution in [0.4, 0.5) is 5.69 Å². The third-order valence-electron chi connectivity index (χ3n) is 4.59. The number of ether oxygens (including phenoxy) is 1. The highest BCUT2D eigenvalue weighted by Gasteiger charge is 2.31. The molecule has 1 unspecified atom stereocenters. The fourth-order valence-electron chi connectivity index (χ4n) is 3.20. The van der Waals surface area contributed by atoms with E-state index in [0.717, 1.165) is 44.7 Å². The van der Waals surface area contributed by atoms with Gasteiger partial charge in [-0.05, 0) is 18.4 Å². The van der Waals surface area contributed by atoms with Crippen LogP contribution in [0, 0.1) is 10.1 Å². The van der Waals surface area contributed by atoms with Crippen molar-refractivity contribution in [2.45, 2.75) is 31.5 Å². The topological polar surface area (TPSA) is 79.1 Å². The van der Waals surface area contributed by atoms with E-state index in [2.05, 4.69) is 9.80 Å². The minimum atomic E-state index is -0.414. The van der Waals surface area contributed by atoms with Crippen LogP contribution in [-0.2, 0) is 11.3 Å². The van der Waals surface area contributed by atoms with Crippen molar-refractivity contribution in [3.63, 3.8) is 0 Å². The predicted octanol–water partition coefficient (Wildman–Crippen LogP) is 1.25. The molecule has 132 valence electrons. The molecule has 1 aliphatic carbocycles. The quantitative estimate of drug-likeness (QED) is 0.569. The first-order valence-corrected chi connectivity index (χ1v) is 8.57. The maximum absolute atomic E-state index is 10.9. The molecule has 1 saturated carbocycles. The lowest BCUT2D eigenvalue weighted by atomic mass is 10.1. The Labute approximate surface area is 142 Å². The van der Waals surface area contributed by atoms with E-state index in [9.17, 15) is 15.2 Å². The van der Waals surface area contributed by atoms with Crippen molar-refractivity contribution >= 4 is 5.69 Å². The van der Waals surface area contributed by atoms with Gasteiger partial charge < -0.3 is 9.84 Å². The maximum Gasteiger partial charge on any atom is 0.269 e. The largest absolute Gasteiger partial charge is 0.390 e. The molecule has 7 heteroatoms. The predicted molar refractivity (Wildman–Crippen MR) is 89.8 cm³/mol. The molecule has 0 spiro atoms. The third-order valence-corrected chi connectivity index (χ3v) is 4.59. The molecule has 7 nitrogen and oxygen atoms in total. The number of benzene rings is 1. The zero-order chi connectivity index (χ0) is 16.9. The summed E-state index contributed by atoms with van der Waals surface area (Å²) in [6.07, 6.45) is 1.86. The first kappa shape index (κ1) is 17.3. The highest BCUT2D eigenvalue weighted by atomic mass is 16.6. The van der Waals surface area contributed by atoms with Crippen molar-refractivity contribution in [1.82, 2.24) is 9.80 Å². The number of non-ortho nitro benzene ring substituents is 1. The van der Waals surface area contributed by atoms with Crippen LogP contribution < -0.4 is 0 Å².